The monoisotopic (exact) mass is 307 g/mol. The Morgan fingerprint density at radius 3 is 2.77 bits per heavy atom. The Hall–Kier alpha value is -2.59. The number of thiophene rings is 1. The van der Waals surface area contributed by atoms with Gasteiger partial charge in [-0.25, -0.2) is 4.79 Å². The van der Waals surface area contributed by atoms with E-state index in [4.69, 9.17) is 0 Å². The Bertz CT molecular complexity index is 843. The molecule has 0 saturated heterocycles. The van der Waals surface area contributed by atoms with Crippen LogP contribution in [0.4, 0.5) is 0 Å². The molecule has 4 rings (SSSR count). The fourth-order valence-corrected chi connectivity index (χ4v) is 3.85. The summed E-state index contributed by atoms with van der Waals surface area (Å²) in [6.45, 7) is 0.684. The normalized spacial score (nSPS) is 16.2. The van der Waals surface area contributed by atoms with Crippen molar-refractivity contribution in [2.24, 2.45) is 0 Å². The van der Waals surface area contributed by atoms with E-state index in [1.165, 1.54) is 0 Å². The molecule has 108 valence electrons. The fourth-order valence-electron chi connectivity index (χ4n) is 2.89. The second kappa shape index (κ2) is 5.00. The molecule has 0 atom stereocenters. The molecule has 0 fully saturated rings. The molecule has 22 heavy (non-hydrogen) atoms. The van der Waals surface area contributed by atoms with Gasteiger partial charge in [0.15, 0.2) is 0 Å². The third-order valence-corrected chi connectivity index (χ3v) is 4.86. The molecule has 0 spiro atoms. The Kier molecular flexibility index (Phi) is 2.98. The van der Waals surface area contributed by atoms with Crippen LogP contribution in [-0.4, -0.2) is 22.5 Å². The van der Waals surface area contributed by atoms with Crippen molar-refractivity contribution >= 4 is 34.7 Å². The van der Waals surface area contributed by atoms with Crippen molar-refractivity contribution in [1.82, 2.24) is 4.90 Å². The van der Waals surface area contributed by atoms with Gasteiger partial charge in [-0.1, -0.05) is 30.3 Å². The van der Waals surface area contributed by atoms with Gasteiger partial charge in [0, 0.05) is 12.7 Å². The van der Waals surface area contributed by atoms with Crippen molar-refractivity contribution in [3.8, 4) is 0 Å². The first-order chi connectivity index (χ1) is 10.7. The molecule has 3 heterocycles. The smallest absolute Gasteiger partial charge is 0.337 e. The highest BCUT2D eigenvalue weighted by Crippen LogP contribution is 2.40. The maximum atomic E-state index is 11.8. The molecule has 2 aliphatic rings. The van der Waals surface area contributed by atoms with E-state index in [2.05, 4.69) is 0 Å². The summed E-state index contributed by atoms with van der Waals surface area (Å²) in [5.41, 5.74) is 4.33. The number of hydrogen-bond donors (Lipinski definition) is 1. The number of fused-ring (bicyclic) bond motifs is 3. The number of benzene rings is 1. The summed E-state index contributed by atoms with van der Waals surface area (Å²) in [7, 11) is 0. The van der Waals surface area contributed by atoms with Gasteiger partial charge < -0.3 is 10.0 Å². The van der Waals surface area contributed by atoms with E-state index < -0.39 is 5.97 Å². The topological polar surface area (TPSA) is 40.5 Å². The number of hydrogen-bond acceptors (Lipinski definition) is 3. The van der Waals surface area contributed by atoms with E-state index in [1.807, 2.05) is 65.0 Å². The van der Waals surface area contributed by atoms with Crippen molar-refractivity contribution in [3.05, 3.63) is 75.6 Å². The highest BCUT2D eigenvalue weighted by Gasteiger charge is 2.29. The van der Waals surface area contributed by atoms with Crippen LogP contribution in [0.5, 0.6) is 0 Å². The molecular weight excluding hydrogens is 294 g/mol. The second-order valence-corrected chi connectivity index (χ2v) is 6.17. The molecule has 3 nitrogen and oxygen atoms in total. The van der Waals surface area contributed by atoms with E-state index in [-0.39, 0.29) is 0 Å². The molecule has 0 aliphatic carbocycles. The number of carbonyl (C=O) groups is 1. The molecule has 0 unspecified atom stereocenters. The standard InChI is InChI=1S/C18H13NO2S/c20-18(21)15-10-14(12-4-2-1-3-5-12)11-19-8-6-13-7-9-22-17(13)16(15)19/h1-10H,11H2,(H,20,21). The summed E-state index contributed by atoms with van der Waals surface area (Å²) in [5.74, 6) is -0.886. The van der Waals surface area contributed by atoms with Gasteiger partial charge in [0.05, 0.1) is 16.1 Å². The summed E-state index contributed by atoms with van der Waals surface area (Å²) in [4.78, 5) is 14.8. The number of aliphatic carboxylic acids is 1. The molecule has 0 radical (unpaired) electrons. The summed E-state index contributed by atoms with van der Waals surface area (Å²) in [5, 5.41) is 11.7. The Morgan fingerprint density at radius 2 is 2.00 bits per heavy atom. The highest BCUT2D eigenvalue weighted by atomic mass is 32.1. The summed E-state index contributed by atoms with van der Waals surface area (Å²) >= 11 is 1.59. The van der Waals surface area contributed by atoms with Crippen molar-refractivity contribution in [2.75, 3.05) is 6.54 Å². The number of carboxylic acids is 1. The molecule has 1 aromatic heterocycles. The quantitative estimate of drug-likeness (QED) is 0.914. The zero-order valence-electron chi connectivity index (χ0n) is 11.7. The number of carboxylic acid groups (broad SMARTS) is 1. The van der Waals surface area contributed by atoms with Gasteiger partial charge in [0.25, 0.3) is 0 Å². The van der Waals surface area contributed by atoms with Crippen LogP contribution in [0.1, 0.15) is 16.0 Å². The van der Waals surface area contributed by atoms with Crippen LogP contribution < -0.4 is 0 Å². The minimum atomic E-state index is -0.886. The van der Waals surface area contributed by atoms with Gasteiger partial charge in [-0.05, 0) is 40.3 Å². The van der Waals surface area contributed by atoms with E-state index in [0.717, 1.165) is 27.3 Å². The predicted octanol–water partition coefficient (Wildman–Crippen LogP) is 3.93. The average molecular weight is 307 g/mol. The van der Waals surface area contributed by atoms with E-state index in [1.54, 1.807) is 11.3 Å². The summed E-state index contributed by atoms with van der Waals surface area (Å²) < 4.78 is 0. The SMILES string of the molecule is O=C(O)C1=C2c3sccc3C=CN2CC(c2ccccc2)=C1. The lowest BCUT2D eigenvalue weighted by molar-refractivity contribution is -0.132. The Morgan fingerprint density at radius 1 is 1.18 bits per heavy atom. The predicted molar refractivity (Wildman–Crippen MR) is 89.0 cm³/mol. The van der Waals surface area contributed by atoms with Crippen molar-refractivity contribution in [2.45, 2.75) is 0 Å². The van der Waals surface area contributed by atoms with Crippen molar-refractivity contribution in [1.29, 1.82) is 0 Å². The van der Waals surface area contributed by atoms with Crippen LogP contribution >= 0.6 is 11.3 Å². The van der Waals surface area contributed by atoms with Gasteiger partial charge in [-0.2, -0.15) is 0 Å². The lowest BCUT2D eigenvalue weighted by Gasteiger charge is -2.32. The number of rotatable bonds is 2. The minimum absolute atomic E-state index is 0.359. The molecule has 0 amide bonds. The molecule has 2 aromatic rings. The van der Waals surface area contributed by atoms with Crippen LogP contribution in [0.15, 0.2) is 59.6 Å². The maximum absolute atomic E-state index is 11.8. The van der Waals surface area contributed by atoms with Crippen molar-refractivity contribution in [3.63, 3.8) is 0 Å². The van der Waals surface area contributed by atoms with Crippen LogP contribution in [0.2, 0.25) is 0 Å². The van der Waals surface area contributed by atoms with Gasteiger partial charge in [0.1, 0.15) is 0 Å². The zero-order chi connectivity index (χ0) is 15.1. The molecule has 0 bridgehead atoms. The van der Waals surface area contributed by atoms with E-state index >= 15 is 0 Å². The Labute approximate surface area is 132 Å². The third-order valence-electron chi connectivity index (χ3n) is 3.92. The first kappa shape index (κ1) is 13.1. The maximum Gasteiger partial charge on any atom is 0.337 e. The third kappa shape index (κ3) is 2.00. The molecule has 4 heteroatoms. The average Bonchev–Trinajstić information content (AvgIpc) is 3.03. The Balaban J connectivity index is 1.91. The van der Waals surface area contributed by atoms with Crippen LogP contribution in [-0.2, 0) is 4.79 Å². The van der Waals surface area contributed by atoms with Gasteiger partial charge in [-0.15, -0.1) is 11.3 Å². The van der Waals surface area contributed by atoms with Crippen molar-refractivity contribution < 1.29 is 9.90 Å². The lowest BCUT2D eigenvalue weighted by Crippen LogP contribution is -2.26. The molecule has 2 aliphatic heterocycles. The largest absolute Gasteiger partial charge is 0.478 e. The molecule has 0 saturated carbocycles. The van der Waals surface area contributed by atoms with Crippen LogP contribution in [0.25, 0.3) is 17.3 Å². The van der Waals surface area contributed by atoms with Gasteiger partial charge in [-0.3, -0.25) is 0 Å². The van der Waals surface area contributed by atoms with Crippen LogP contribution in [0.3, 0.4) is 0 Å². The first-order valence-corrected chi connectivity index (χ1v) is 7.88. The van der Waals surface area contributed by atoms with Crippen LogP contribution in [0, 0.1) is 0 Å². The van der Waals surface area contributed by atoms with E-state index in [0.29, 0.717) is 12.1 Å². The number of nitrogens with zero attached hydrogens (tertiary/aromatic N) is 1. The minimum Gasteiger partial charge on any atom is -0.478 e. The zero-order valence-corrected chi connectivity index (χ0v) is 12.5. The summed E-state index contributed by atoms with van der Waals surface area (Å²) in [6.07, 6.45) is 5.83. The summed E-state index contributed by atoms with van der Waals surface area (Å²) in [6, 6.07) is 12.0. The molecular formula is C18H13NO2S. The van der Waals surface area contributed by atoms with E-state index in [9.17, 15) is 9.90 Å². The fraction of sp³-hybridized carbons (Fsp3) is 0.0556. The van der Waals surface area contributed by atoms with Gasteiger partial charge in [0.2, 0.25) is 0 Å². The molecule has 1 aromatic carbocycles. The second-order valence-electron chi connectivity index (χ2n) is 5.25. The van der Waals surface area contributed by atoms with Gasteiger partial charge >= 0.3 is 5.97 Å². The lowest BCUT2D eigenvalue weighted by atomic mass is 9.95. The molecule has 1 N–H and O–H groups in total. The first-order valence-electron chi connectivity index (χ1n) is 7.00. The highest BCUT2D eigenvalue weighted by molar-refractivity contribution is 7.11.